The fourth-order valence-corrected chi connectivity index (χ4v) is 3.77. The molecule has 1 rings (SSSR count). The van der Waals surface area contributed by atoms with Crippen LogP contribution in [0.2, 0.25) is 0 Å². The molecule has 1 atom stereocenters. The quantitative estimate of drug-likeness (QED) is 0.720. The molecule has 0 saturated heterocycles. The smallest absolute Gasteiger partial charge is 0.212 e. The SMILES string of the molecule is CC(C)CC(C)N(C)S(=O)(=O)Cc1ccc(CCl)cc1. The van der Waals surface area contributed by atoms with Gasteiger partial charge in [0, 0.05) is 19.0 Å². The molecule has 1 aromatic carbocycles. The van der Waals surface area contributed by atoms with Crippen LogP contribution in [0.1, 0.15) is 38.3 Å². The summed E-state index contributed by atoms with van der Waals surface area (Å²) >= 11 is 5.73. The molecule has 0 amide bonds. The maximum Gasteiger partial charge on any atom is 0.218 e. The van der Waals surface area contributed by atoms with E-state index in [0.717, 1.165) is 17.5 Å². The van der Waals surface area contributed by atoms with Gasteiger partial charge >= 0.3 is 0 Å². The molecule has 114 valence electrons. The van der Waals surface area contributed by atoms with Gasteiger partial charge in [0.15, 0.2) is 0 Å². The first-order valence-electron chi connectivity index (χ1n) is 6.85. The van der Waals surface area contributed by atoms with Crippen LogP contribution in [0, 0.1) is 5.92 Å². The Morgan fingerprint density at radius 2 is 1.60 bits per heavy atom. The first-order valence-corrected chi connectivity index (χ1v) is 9.00. The van der Waals surface area contributed by atoms with E-state index in [9.17, 15) is 8.42 Å². The average molecular weight is 318 g/mol. The summed E-state index contributed by atoms with van der Waals surface area (Å²) in [5.41, 5.74) is 1.79. The number of hydrogen-bond acceptors (Lipinski definition) is 2. The molecule has 0 radical (unpaired) electrons. The zero-order chi connectivity index (χ0) is 15.3. The Morgan fingerprint density at radius 1 is 1.10 bits per heavy atom. The molecule has 1 unspecified atom stereocenters. The van der Waals surface area contributed by atoms with E-state index < -0.39 is 10.0 Å². The molecule has 0 N–H and O–H groups in total. The number of nitrogens with zero attached hydrogens (tertiary/aromatic N) is 1. The van der Waals surface area contributed by atoms with Crippen molar-refractivity contribution in [2.75, 3.05) is 7.05 Å². The minimum Gasteiger partial charge on any atom is -0.212 e. The maximum absolute atomic E-state index is 12.4. The van der Waals surface area contributed by atoms with Gasteiger partial charge < -0.3 is 0 Å². The molecule has 0 aliphatic carbocycles. The number of hydrogen-bond donors (Lipinski definition) is 0. The van der Waals surface area contributed by atoms with Crippen LogP contribution in [-0.4, -0.2) is 25.8 Å². The third-order valence-electron chi connectivity index (χ3n) is 3.40. The molecular formula is C15H24ClNO2S. The van der Waals surface area contributed by atoms with Gasteiger partial charge in [-0.2, -0.15) is 0 Å². The summed E-state index contributed by atoms with van der Waals surface area (Å²) in [7, 11) is -1.62. The summed E-state index contributed by atoms with van der Waals surface area (Å²) < 4.78 is 26.2. The topological polar surface area (TPSA) is 37.4 Å². The van der Waals surface area contributed by atoms with Crippen molar-refractivity contribution in [1.29, 1.82) is 0 Å². The molecule has 1 aromatic rings. The van der Waals surface area contributed by atoms with Crippen LogP contribution >= 0.6 is 11.6 Å². The summed E-state index contributed by atoms with van der Waals surface area (Å²) in [6.07, 6.45) is 0.862. The molecule has 0 spiro atoms. The van der Waals surface area contributed by atoms with Gasteiger partial charge in [-0.3, -0.25) is 0 Å². The molecule has 0 aliphatic rings. The Balaban J connectivity index is 2.77. The Morgan fingerprint density at radius 3 is 2.05 bits per heavy atom. The first-order chi connectivity index (χ1) is 9.26. The summed E-state index contributed by atoms with van der Waals surface area (Å²) in [5, 5.41) is 0. The van der Waals surface area contributed by atoms with Crippen LogP contribution in [-0.2, 0) is 21.7 Å². The van der Waals surface area contributed by atoms with E-state index >= 15 is 0 Å². The van der Waals surface area contributed by atoms with Gasteiger partial charge in [0.05, 0.1) is 5.75 Å². The van der Waals surface area contributed by atoms with Crippen molar-refractivity contribution in [2.45, 2.75) is 44.9 Å². The normalized spacial score (nSPS) is 13.9. The lowest BCUT2D eigenvalue weighted by Crippen LogP contribution is -2.36. The van der Waals surface area contributed by atoms with Crippen molar-refractivity contribution in [1.82, 2.24) is 4.31 Å². The van der Waals surface area contributed by atoms with Crippen LogP contribution in [0.25, 0.3) is 0 Å². The summed E-state index contributed by atoms with van der Waals surface area (Å²) in [4.78, 5) is 0. The second-order valence-corrected chi connectivity index (χ2v) is 8.00. The van der Waals surface area contributed by atoms with Crippen LogP contribution < -0.4 is 0 Å². The van der Waals surface area contributed by atoms with Crippen molar-refractivity contribution < 1.29 is 8.42 Å². The lowest BCUT2D eigenvalue weighted by Gasteiger charge is -2.25. The van der Waals surface area contributed by atoms with Gasteiger partial charge in [-0.15, -0.1) is 11.6 Å². The van der Waals surface area contributed by atoms with Crippen LogP contribution in [0.5, 0.6) is 0 Å². The van der Waals surface area contributed by atoms with Gasteiger partial charge in [-0.05, 0) is 30.4 Å². The largest absolute Gasteiger partial charge is 0.218 e. The van der Waals surface area contributed by atoms with Gasteiger partial charge in [-0.1, -0.05) is 38.1 Å². The predicted molar refractivity (Wildman–Crippen MR) is 85.3 cm³/mol. The molecule has 20 heavy (non-hydrogen) atoms. The molecule has 5 heteroatoms. The Hall–Kier alpha value is -0.580. The average Bonchev–Trinajstić information content (AvgIpc) is 2.37. The highest BCUT2D eigenvalue weighted by molar-refractivity contribution is 7.88. The minimum atomic E-state index is -3.28. The highest BCUT2D eigenvalue weighted by atomic mass is 35.5. The van der Waals surface area contributed by atoms with Crippen LogP contribution in [0.3, 0.4) is 0 Å². The number of alkyl halides is 1. The van der Waals surface area contributed by atoms with E-state index in [1.54, 1.807) is 7.05 Å². The van der Waals surface area contributed by atoms with Crippen molar-refractivity contribution in [3.05, 3.63) is 35.4 Å². The third-order valence-corrected chi connectivity index (χ3v) is 5.64. The van der Waals surface area contributed by atoms with Gasteiger partial charge in [0.2, 0.25) is 10.0 Å². The number of halogens is 1. The first kappa shape index (κ1) is 17.5. The Kier molecular flexibility index (Phi) is 6.49. The van der Waals surface area contributed by atoms with Crippen molar-refractivity contribution in [2.24, 2.45) is 5.92 Å². The summed E-state index contributed by atoms with van der Waals surface area (Å²) in [6.45, 7) is 6.15. The van der Waals surface area contributed by atoms with Crippen LogP contribution in [0.15, 0.2) is 24.3 Å². The fourth-order valence-electron chi connectivity index (χ4n) is 2.14. The van der Waals surface area contributed by atoms with E-state index in [4.69, 9.17) is 11.6 Å². The lowest BCUT2D eigenvalue weighted by molar-refractivity contribution is 0.337. The van der Waals surface area contributed by atoms with E-state index in [1.165, 1.54) is 4.31 Å². The molecule has 0 fully saturated rings. The number of rotatable bonds is 7. The second-order valence-electron chi connectivity index (χ2n) is 5.70. The van der Waals surface area contributed by atoms with E-state index in [0.29, 0.717) is 11.8 Å². The zero-order valence-corrected chi connectivity index (χ0v) is 14.2. The van der Waals surface area contributed by atoms with Crippen LogP contribution in [0.4, 0.5) is 0 Å². The number of sulfonamides is 1. The molecular weight excluding hydrogens is 294 g/mol. The fraction of sp³-hybridized carbons (Fsp3) is 0.600. The van der Waals surface area contributed by atoms with Crippen molar-refractivity contribution >= 4 is 21.6 Å². The predicted octanol–water partition coefficient (Wildman–Crippen LogP) is 3.62. The third kappa shape index (κ3) is 5.08. The standard InChI is InChI=1S/C15H24ClNO2S/c1-12(2)9-13(3)17(4)20(18,19)11-15-7-5-14(10-16)6-8-15/h5-8,12-13H,9-11H2,1-4H3. The Bertz CT molecular complexity index is 511. The molecule has 0 saturated carbocycles. The summed E-state index contributed by atoms with van der Waals surface area (Å²) in [5.74, 6) is 0.956. The summed E-state index contributed by atoms with van der Waals surface area (Å²) in [6, 6.07) is 7.42. The Labute approximate surface area is 128 Å². The molecule has 3 nitrogen and oxygen atoms in total. The highest BCUT2D eigenvalue weighted by Crippen LogP contribution is 2.17. The van der Waals surface area contributed by atoms with Crippen molar-refractivity contribution in [3.8, 4) is 0 Å². The van der Waals surface area contributed by atoms with Gasteiger partial charge in [-0.25, -0.2) is 12.7 Å². The lowest BCUT2D eigenvalue weighted by atomic mass is 10.1. The molecule has 0 heterocycles. The zero-order valence-electron chi connectivity index (χ0n) is 12.6. The van der Waals surface area contributed by atoms with E-state index in [-0.39, 0.29) is 11.8 Å². The number of benzene rings is 1. The molecule has 0 aliphatic heterocycles. The van der Waals surface area contributed by atoms with Gasteiger partial charge in [0.25, 0.3) is 0 Å². The van der Waals surface area contributed by atoms with E-state index in [1.807, 2.05) is 31.2 Å². The van der Waals surface area contributed by atoms with Gasteiger partial charge in [0.1, 0.15) is 0 Å². The van der Waals surface area contributed by atoms with E-state index in [2.05, 4.69) is 13.8 Å². The highest BCUT2D eigenvalue weighted by Gasteiger charge is 2.24. The van der Waals surface area contributed by atoms with Crippen molar-refractivity contribution in [3.63, 3.8) is 0 Å². The monoisotopic (exact) mass is 317 g/mol. The minimum absolute atomic E-state index is 0.0158. The molecule has 0 aromatic heterocycles. The second kappa shape index (κ2) is 7.43. The molecule has 0 bridgehead atoms. The maximum atomic E-state index is 12.4.